The fraction of sp³-hybridized carbons (Fsp3) is 0. The maximum absolute atomic E-state index is 5.71. The highest BCUT2D eigenvalue weighted by atomic mass is 32.1. The monoisotopic (exact) mass is 284 g/mol. The zero-order valence-electron chi connectivity index (χ0n) is 10.5. The van der Waals surface area contributed by atoms with Crippen LogP contribution in [-0.2, 0) is 0 Å². The van der Waals surface area contributed by atoms with Gasteiger partial charge in [0.15, 0.2) is 0 Å². The summed E-state index contributed by atoms with van der Waals surface area (Å²) >= 11 is 1.30. The molecule has 100 valence electrons. The summed E-state index contributed by atoms with van der Waals surface area (Å²) in [6.45, 7) is 0. The lowest BCUT2D eigenvalue weighted by atomic mass is 10.3. The largest absolute Gasteiger partial charge is 0.457 e. The Balaban J connectivity index is 1.68. The van der Waals surface area contributed by atoms with Gasteiger partial charge in [-0.2, -0.15) is 0 Å². The van der Waals surface area contributed by atoms with Crippen molar-refractivity contribution in [1.29, 1.82) is 0 Å². The summed E-state index contributed by atoms with van der Waals surface area (Å²) in [5, 5.41) is 11.9. The molecule has 3 rings (SSSR count). The zero-order valence-corrected chi connectivity index (χ0v) is 11.3. The standard InChI is InChI=1S/C14H12N4OS/c15-13-17-18-14(20-13)16-10-6-8-12(9-7-10)19-11-4-2-1-3-5-11/h1-9H,(H2,15,17)(H,16,18). The number of benzene rings is 2. The van der Waals surface area contributed by atoms with Crippen molar-refractivity contribution in [3.05, 3.63) is 54.6 Å². The van der Waals surface area contributed by atoms with Crippen molar-refractivity contribution in [2.75, 3.05) is 11.1 Å². The number of nitrogens with two attached hydrogens (primary N) is 1. The van der Waals surface area contributed by atoms with E-state index in [1.807, 2.05) is 54.6 Å². The van der Waals surface area contributed by atoms with Gasteiger partial charge < -0.3 is 15.8 Å². The van der Waals surface area contributed by atoms with Crippen molar-refractivity contribution < 1.29 is 4.74 Å². The van der Waals surface area contributed by atoms with Crippen molar-refractivity contribution in [3.8, 4) is 11.5 Å². The van der Waals surface area contributed by atoms with Crippen molar-refractivity contribution >= 4 is 27.3 Å². The number of aromatic nitrogens is 2. The molecule has 0 amide bonds. The molecule has 0 aliphatic heterocycles. The van der Waals surface area contributed by atoms with E-state index in [9.17, 15) is 0 Å². The molecule has 1 heterocycles. The molecule has 0 aliphatic carbocycles. The third kappa shape index (κ3) is 3.04. The number of anilines is 3. The highest BCUT2D eigenvalue weighted by molar-refractivity contribution is 7.18. The molecule has 0 spiro atoms. The summed E-state index contributed by atoms with van der Waals surface area (Å²) < 4.78 is 5.71. The maximum Gasteiger partial charge on any atom is 0.211 e. The van der Waals surface area contributed by atoms with Gasteiger partial charge in [-0.15, -0.1) is 10.2 Å². The molecule has 0 bridgehead atoms. The van der Waals surface area contributed by atoms with Crippen LogP contribution in [0.1, 0.15) is 0 Å². The summed E-state index contributed by atoms with van der Waals surface area (Å²) in [5.41, 5.74) is 6.43. The van der Waals surface area contributed by atoms with Gasteiger partial charge in [0.05, 0.1) is 0 Å². The maximum atomic E-state index is 5.71. The predicted octanol–water partition coefficient (Wildman–Crippen LogP) is 3.66. The molecule has 0 saturated carbocycles. The molecule has 0 unspecified atom stereocenters. The molecule has 0 radical (unpaired) electrons. The molecule has 0 atom stereocenters. The van der Waals surface area contributed by atoms with Crippen LogP contribution in [0, 0.1) is 0 Å². The van der Waals surface area contributed by atoms with Crippen LogP contribution in [0.2, 0.25) is 0 Å². The van der Waals surface area contributed by atoms with Crippen LogP contribution in [-0.4, -0.2) is 10.2 Å². The number of nitrogens with zero attached hydrogens (tertiary/aromatic N) is 2. The third-order valence-electron chi connectivity index (χ3n) is 2.53. The minimum absolute atomic E-state index is 0.441. The van der Waals surface area contributed by atoms with Gasteiger partial charge in [-0.1, -0.05) is 29.5 Å². The summed E-state index contributed by atoms with van der Waals surface area (Å²) in [7, 11) is 0. The van der Waals surface area contributed by atoms with E-state index in [1.54, 1.807) is 0 Å². The Labute approximate surface area is 120 Å². The molecule has 2 aromatic carbocycles. The van der Waals surface area contributed by atoms with Gasteiger partial charge in [0.2, 0.25) is 10.3 Å². The first-order valence-corrected chi connectivity index (χ1v) is 6.80. The van der Waals surface area contributed by atoms with E-state index < -0.39 is 0 Å². The number of nitrogens with one attached hydrogen (secondary N) is 1. The Hall–Kier alpha value is -2.60. The number of nitrogen functional groups attached to an aromatic ring is 1. The second-order valence-corrected chi connectivity index (χ2v) is 5.02. The van der Waals surface area contributed by atoms with Gasteiger partial charge in [-0.25, -0.2) is 0 Å². The topological polar surface area (TPSA) is 73.1 Å². The highest BCUT2D eigenvalue weighted by Crippen LogP contribution is 2.25. The molecule has 1 aromatic heterocycles. The summed E-state index contributed by atoms with van der Waals surface area (Å²) in [6, 6.07) is 17.3. The van der Waals surface area contributed by atoms with Crippen molar-refractivity contribution in [2.24, 2.45) is 0 Å². The number of ether oxygens (including phenoxy) is 1. The Morgan fingerprint density at radius 1 is 0.900 bits per heavy atom. The normalized spacial score (nSPS) is 10.2. The summed E-state index contributed by atoms with van der Waals surface area (Å²) in [4.78, 5) is 0. The van der Waals surface area contributed by atoms with Gasteiger partial charge >= 0.3 is 0 Å². The van der Waals surface area contributed by atoms with E-state index in [-0.39, 0.29) is 0 Å². The quantitative estimate of drug-likeness (QED) is 0.765. The number of hydrogen-bond acceptors (Lipinski definition) is 6. The molecule has 20 heavy (non-hydrogen) atoms. The molecule has 5 nitrogen and oxygen atoms in total. The average Bonchev–Trinajstić information content (AvgIpc) is 2.88. The minimum Gasteiger partial charge on any atom is -0.457 e. The first-order valence-electron chi connectivity index (χ1n) is 5.98. The third-order valence-corrected chi connectivity index (χ3v) is 3.19. The van der Waals surface area contributed by atoms with Gasteiger partial charge in [0.1, 0.15) is 11.5 Å². The molecule has 6 heteroatoms. The molecule has 0 saturated heterocycles. The van der Waals surface area contributed by atoms with Gasteiger partial charge in [-0.05, 0) is 36.4 Å². The van der Waals surface area contributed by atoms with Gasteiger partial charge in [0.25, 0.3) is 0 Å². The second kappa shape index (κ2) is 5.58. The fourth-order valence-corrected chi connectivity index (χ4v) is 2.17. The molecule has 3 aromatic rings. The lowest BCUT2D eigenvalue weighted by molar-refractivity contribution is 0.483. The van der Waals surface area contributed by atoms with Crippen molar-refractivity contribution in [1.82, 2.24) is 10.2 Å². The number of hydrogen-bond donors (Lipinski definition) is 2. The molecule has 3 N–H and O–H groups in total. The van der Waals surface area contributed by atoms with Crippen LogP contribution < -0.4 is 15.8 Å². The van der Waals surface area contributed by atoms with Crippen LogP contribution in [0.3, 0.4) is 0 Å². The molecular weight excluding hydrogens is 272 g/mol. The summed E-state index contributed by atoms with van der Waals surface area (Å²) in [5.74, 6) is 1.59. The van der Waals surface area contributed by atoms with E-state index in [0.29, 0.717) is 10.3 Å². The van der Waals surface area contributed by atoms with Crippen molar-refractivity contribution in [2.45, 2.75) is 0 Å². The van der Waals surface area contributed by atoms with Gasteiger partial charge in [-0.3, -0.25) is 0 Å². The van der Waals surface area contributed by atoms with Crippen molar-refractivity contribution in [3.63, 3.8) is 0 Å². The van der Waals surface area contributed by atoms with E-state index in [0.717, 1.165) is 17.2 Å². The predicted molar refractivity (Wildman–Crippen MR) is 80.6 cm³/mol. The summed E-state index contributed by atoms with van der Waals surface area (Å²) in [6.07, 6.45) is 0. The molecule has 0 fully saturated rings. The van der Waals surface area contributed by atoms with Crippen LogP contribution in [0.25, 0.3) is 0 Å². The molecule has 0 aliphatic rings. The first kappa shape index (κ1) is 12.4. The van der Waals surface area contributed by atoms with Crippen LogP contribution in [0.15, 0.2) is 54.6 Å². The Morgan fingerprint density at radius 2 is 1.60 bits per heavy atom. The zero-order chi connectivity index (χ0) is 13.8. The number of para-hydroxylation sites is 1. The minimum atomic E-state index is 0.441. The second-order valence-electron chi connectivity index (χ2n) is 4.01. The fourth-order valence-electron chi connectivity index (χ4n) is 1.64. The highest BCUT2D eigenvalue weighted by Gasteiger charge is 2.02. The Kier molecular flexibility index (Phi) is 3.47. The lowest BCUT2D eigenvalue weighted by Gasteiger charge is -2.06. The smallest absolute Gasteiger partial charge is 0.211 e. The van der Waals surface area contributed by atoms with E-state index in [1.165, 1.54) is 11.3 Å². The Bertz CT molecular complexity index is 682. The number of rotatable bonds is 4. The lowest BCUT2D eigenvalue weighted by Crippen LogP contribution is -1.90. The first-order chi connectivity index (χ1) is 9.79. The van der Waals surface area contributed by atoms with E-state index >= 15 is 0 Å². The van der Waals surface area contributed by atoms with Crippen LogP contribution >= 0.6 is 11.3 Å². The van der Waals surface area contributed by atoms with Crippen LogP contribution in [0.5, 0.6) is 11.5 Å². The SMILES string of the molecule is Nc1nnc(Nc2ccc(Oc3ccccc3)cc2)s1. The van der Waals surface area contributed by atoms with E-state index in [2.05, 4.69) is 15.5 Å². The van der Waals surface area contributed by atoms with Crippen LogP contribution in [0.4, 0.5) is 16.0 Å². The average molecular weight is 284 g/mol. The van der Waals surface area contributed by atoms with Gasteiger partial charge in [0, 0.05) is 5.69 Å². The van der Waals surface area contributed by atoms with E-state index in [4.69, 9.17) is 10.5 Å². The Morgan fingerprint density at radius 3 is 2.25 bits per heavy atom. The molecular formula is C14H12N4OS.